The van der Waals surface area contributed by atoms with Crippen molar-refractivity contribution >= 4 is 33.4 Å². The first kappa shape index (κ1) is 31.3. The van der Waals surface area contributed by atoms with E-state index < -0.39 is 52.2 Å². The highest BCUT2D eigenvalue weighted by atomic mass is 32.2. The summed E-state index contributed by atoms with van der Waals surface area (Å²) in [7, 11) is -3.63. The van der Waals surface area contributed by atoms with E-state index in [4.69, 9.17) is 10.5 Å². The minimum Gasteiger partial charge on any atom is -0.492 e. The van der Waals surface area contributed by atoms with Crippen molar-refractivity contribution < 1.29 is 45.4 Å². The first-order valence-corrected chi connectivity index (χ1v) is 13.3. The third kappa shape index (κ3) is 7.68. The molecule has 0 spiro atoms. The summed E-state index contributed by atoms with van der Waals surface area (Å²) in [6.07, 6.45) is -3.54. The van der Waals surface area contributed by atoms with E-state index in [1.54, 1.807) is 6.07 Å². The lowest BCUT2D eigenvalue weighted by molar-refractivity contribution is -0.202. The molecule has 0 fully saturated rings. The minimum absolute atomic E-state index is 0.196. The van der Waals surface area contributed by atoms with Crippen LogP contribution in [0.4, 0.5) is 13.2 Å². The van der Waals surface area contributed by atoms with Gasteiger partial charge in [-0.2, -0.15) is 17.5 Å². The van der Waals surface area contributed by atoms with Crippen molar-refractivity contribution in [2.75, 3.05) is 26.7 Å². The van der Waals surface area contributed by atoms with Gasteiger partial charge in [-0.15, -0.1) is 0 Å². The molecule has 0 bridgehead atoms. The molecule has 220 valence electrons. The molecule has 0 unspecified atom stereocenters. The lowest BCUT2D eigenvalue weighted by Gasteiger charge is -2.26. The molecule has 0 saturated heterocycles. The molecule has 0 aliphatic rings. The van der Waals surface area contributed by atoms with Crippen LogP contribution in [0.2, 0.25) is 0 Å². The molecule has 0 aliphatic heterocycles. The number of nitrogens with zero attached hydrogens (tertiary/aromatic N) is 2. The monoisotopic (exact) mass is 598 g/mol. The number of benzene rings is 1. The molecule has 3 rings (SSSR count). The van der Waals surface area contributed by atoms with E-state index in [0.717, 1.165) is 13.1 Å². The summed E-state index contributed by atoms with van der Waals surface area (Å²) in [5.41, 5.74) is 4.88. The van der Waals surface area contributed by atoms with E-state index >= 15 is 0 Å². The number of halogens is 3. The fourth-order valence-corrected chi connectivity index (χ4v) is 4.82. The van der Waals surface area contributed by atoms with Gasteiger partial charge in [-0.05, 0) is 43.3 Å². The maximum Gasteiger partial charge on any atom is 0.491 e. The van der Waals surface area contributed by atoms with Crippen LogP contribution < -0.4 is 21.3 Å². The molecule has 12 nitrogen and oxygen atoms in total. The SMILES string of the molecule is CN([C@@H](CNC(=O)c1cc(=O)n2cc(OCCCN)ccc2c1)C(=O)OC(=O)C(F)(F)F)S(=O)(=O)c1ccccc1. The molecule has 16 heteroatoms. The van der Waals surface area contributed by atoms with Gasteiger partial charge in [0, 0.05) is 30.7 Å². The number of esters is 2. The molecule has 2 heterocycles. The van der Waals surface area contributed by atoms with Gasteiger partial charge >= 0.3 is 18.1 Å². The van der Waals surface area contributed by atoms with E-state index in [2.05, 4.69) is 10.1 Å². The number of carbonyl (C=O) groups is 3. The number of ether oxygens (including phenoxy) is 2. The number of hydrogen-bond donors (Lipinski definition) is 2. The van der Waals surface area contributed by atoms with Gasteiger partial charge in [0.05, 0.1) is 17.7 Å². The smallest absolute Gasteiger partial charge is 0.491 e. The maximum atomic E-state index is 13.0. The second-order valence-corrected chi connectivity index (χ2v) is 10.5. The molecule has 1 amide bonds. The third-order valence-electron chi connectivity index (χ3n) is 5.66. The number of hydrogen-bond acceptors (Lipinski definition) is 9. The van der Waals surface area contributed by atoms with Crippen LogP contribution in [0.25, 0.3) is 5.52 Å². The van der Waals surface area contributed by atoms with Crippen LogP contribution in [-0.4, -0.2) is 73.9 Å². The molecule has 3 aromatic rings. The van der Waals surface area contributed by atoms with Gasteiger partial charge in [-0.1, -0.05) is 18.2 Å². The zero-order chi connectivity index (χ0) is 30.4. The number of alkyl halides is 3. The average Bonchev–Trinajstić information content (AvgIpc) is 2.93. The zero-order valence-electron chi connectivity index (χ0n) is 21.5. The number of aromatic nitrogens is 1. The van der Waals surface area contributed by atoms with E-state index in [-0.39, 0.29) is 16.0 Å². The molecular weight excluding hydrogens is 573 g/mol. The summed E-state index contributed by atoms with van der Waals surface area (Å²) >= 11 is 0. The number of fused-ring (bicyclic) bond motifs is 1. The van der Waals surface area contributed by atoms with Crippen LogP contribution in [0.3, 0.4) is 0 Å². The second kappa shape index (κ2) is 12.9. The van der Waals surface area contributed by atoms with Gasteiger partial charge < -0.3 is 20.5 Å². The summed E-state index contributed by atoms with van der Waals surface area (Å²) in [5.74, 6) is -5.32. The third-order valence-corrected chi connectivity index (χ3v) is 7.54. The molecule has 0 radical (unpaired) electrons. The number of nitrogens with one attached hydrogen (secondary N) is 1. The minimum atomic E-state index is -5.54. The lowest BCUT2D eigenvalue weighted by atomic mass is 10.2. The summed E-state index contributed by atoms with van der Waals surface area (Å²) in [6, 6.07) is 9.82. The molecular formula is C25H25F3N4O8S. The Hall–Kier alpha value is -4.28. The quantitative estimate of drug-likeness (QED) is 0.187. The van der Waals surface area contributed by atoms with Crippen molar-refractivity contribution in [3.63, 3.8) is 0 Å². The maximum absolute atomic E-state index is 13.0. The van der Waals surface area contributed by atoms with Crippen LogP contribution in [0.1, 0.15) is 16.8 Å². The molecule has 41 heavy (non-hydrogen) atoms. The Labute approximate surface area is 231 Å². The normalized spacial score (nSPS) is 12.6. The van der Waals surface area contributed by atoms with Crippen molar-refractivity contribution in [3.8, 4) is 5.75 Å². The van der Waals surface area contributed by atoms with Crippen molar-refractivity contribution in [1.82, 2.24) is 14.0 Å². The van der Waals surface area contributed by atoms with Crippen LogP contribution in [0.5, 0.6) is 5.75 Å². The standard InChI is InChI=1S/C25H25F3N4O8S/c1-31(41(37,38)19-6-3-2-4-7-19)20(23(35)40-24(36)25(26,27)28)14-30-22(34)16-12-17-8-9-18(39-11-5-10-29)15-32(17)21(33)13-16/h2-4,6-9,12-13,15,20H,5,10-11,14,29H2,1H3,(H,30,34)/t20-/m0/s1. The van der Waals surface area contributed by atoms with Crippen LogP contribution in [0, 0.1) is 0 Å². The van der Waals surface area contributed by atoms with Crippen LogP contribution in [-0.2, 0) is 24.3 Å². The van der Waals surface area contributed by atoms with Crippen molar-refractivity contribution in [2.45, 2.75) is 23.5 Å². The number of pyridine rings is 2. The first-order chi connectivity index (χ1) is 19.3. The first-order valence-electron chi connectivity index (χ1n) is 11.9. The number of sulfonamides is 1. The number of likely N-dealkylation sites (N-methyl/N-ethyl adjacent to an activating group) is 1. The molecule has 1 aromatic carbocycles. The van der Waals surface area contributed by atoms with Crippen molar-refractivity contribution in [3.05, 3.63) is 76.7 Å². The Kier molecular flexibility index (Phi) is 9.85. The molecule has 3 N–H and O–H groups in total. The Morgan fingerprint density at radius 3 is 2.41 bits per heavy atom. The van der Waals surface area contributed by atoms with Gasteiger partial charge in [0.2, 0.25) is 10.0 Å². The number of amides is 1. The Bertz CT molecular complexity index is 1590. The second-order valence-electron chi connectivity index (χ2n) is 8.50. The fraction of sp³-hybridized carbons (Fsp3) is 0.280. The summed E-state index contributed by atoms with van der Waals surface area (Å²) in [6.45, 7) is -0.167. The number of carbonyl (C=O) groups excluding carboxylic acids is 3. The topological polar surface area (TPSA) is 167 Å². The van der Waals surface area contributed by atoms with Gasteiger partial charge in [0.1, 0.15) is 11.8 Å². The Morgan fingerprint density at radius 1 is 1.10 bits per heavy atom. The average molecular weight is 599 g/mol. The van der Waals surface area contributed by atoms with E-state index in [9.17, 15) is 40.8 Å². The number of nitrogens with two attached hydrogens (primary N) is 1. The predicted octanol–water partition coefficient (Wildman–Crippen LogP) is 1.08. The van der Waals surface area contributed by atoms with E-state index in [1.165, 1.54) is 53.1 Å². The van der Waals surface area contributed by atoms with Gasteiger partial charge in [0.25, 0.3) is 11.5 Å². The zero-order valence-corrected chi connectivity index (χ0v) is 22.3. The summed E-state index contributed by atoms with van der Waals surface area (Å²) in [4.78, 5) is 49.0. The highest BCUT2D eigenvalue weighted by Crippen LogP contribution is 2.20. The van der Waals surface area contributed by atoms with Gasteiger partial charge in [-0.25, -0.2) is 18.0 Å². The van der Waals surface area contributed by atoms with Crippen molar-refractivity contribution in [1.29, 1.82) is 0 Å². The highest BCUT2D eigenvalue weighted by Gasteiger charge is 2.45. The lowest BCUT2D eigenvalue weighted by Crippen LogP contribution is -2.51. The highest BCUT2D eigenvalue weighted by molar-refractivity contribution is 7.89. The number of rotatable bonds is 11. The fourth-order valence-electron chi connectivity index (χ4n) is 3.49. The molecule has 0 saturated carbocycles. The summed E-state index contributed by atoms with van der Waals surface area (Å²) in [5, 5.41) is 2.21. The largest absolute Gasteiger partial charge is 0.492 e. The Morgan fingerprint density at radius 2 is 1.78 bits per heavy atom. The molecule has 1 atom stereocenters. The van der Waals surface area contributed by atoms with Crippen molar-refractivity contribution in [2.24, 2.45) is 5.73 Å². The van der Waals surface area contributed by atoms with E-state index in [1.807, 2.05) is 0 Å². The van der Waals surface area contributed by atoms with Gasteiger partial charge in [0.15, 0.2) is 0 Å². The Balaban J connectivity index is 1.85. The molecule has 0 aliphatic carbocycles. The molecule has 2 aromatic heterocycles. The van der Waals surface area contributed by atoms with E-state index in [0.29, 0.717) is 29.6 Å². The van der Waals surface area contributed by atoms with Crippen LogP contribution >= 0.6 is 0 Å². The predicted molar refractivity (Wildman–Crippen MR) is 137 cm³/mol. The van der Waals surface area contributed by atoms with Crippen LogP contribution in [0.15, 0.2) is 70.5 Å². The van der Waals surface area contributed by atoms with Gasteiger partial charge in [-0.3, -0.25) is 14.0 Å². The summed E-state index contributed by atoms with van der Waals surface area (Å²) < 4.78 is 75.1.